The highest BCUT2D eigenvalue weighted by Gasteiger charge is 2.20. The van der Waals surface area contributed by atoms with E-state index in [1.807, 2.05) is 18.2 Å². The van der Waals surface area contributed by atoms with E-state index in [2.05, 4.69) is 29.4 Å². The molecule has 1 atom stereocenters. The van der Waals surface area contributed by atoms with Crippen LogP contribution in [0.1, 0.15) is 42.3 Å². The first-order valence-corrected chi connectivity index (χ1v) is 8.84. The molecule has 22 heavy (non-hydrogen) atoms. The number of rotatable bonds is 5. The maximum Gasteiger partial charge on any atom is 0.226 e. The third-order valence-corrected chi connectivity index (χ3v) is 5.18. The predicted octanol–water partition coefficient (Wildman–Crippen LogP) is 4.23. The molecule has 2 aromatic rings. The second-order valence-corrected chi connectivity index (χ2v) is 7.21. The standard InChI is InChI=1S/C18H22N2OS/c1-13-10-11-15-16(12-13)22-18(19-15)20-17(21)9-5-8-14-6-3-2-4-7-14/h2-4,6-7,13H,5,8-12H2,1H3,(H,19,20,21). The van der Waals surface area contributed by atoms with Crippen molar-refractivity contribution in [3.63, 3.8) is 0 Å². The van der Waals surface area contributed by atoms with Crippen molar-refractivity contribution in [1.29, 1.82) is 0 Å². The van der Waals surface area contributed by atoms with Crippen LogP contribution in [0.5, 0.6) is 0 Å². The zero-order chi connectivity index (χ0) is 15.4. The van der Waals surface area contributed by atoms with Crippen LogP contribution in [0.3, 0.4) is 0 Å². The van der Waals surface area contributed by atoms with E-state index < -0.39 is 0 Å². The molecule has 1 heterocycles. The van der Waals surface area contributed by atoms with Gasteiger partial charge in [-0.05, 0) is 43.6 Å². The van der Waals surface area contributed by atoms with E-state index in [4.69, 9.17) is 0 Å². The molecule has 1 aliphatic carbocycles. The van der Waals surface area contributed by atoms with E-state index in [0.29, 0.717) is 6.42 Å². The van der Waals surface area contributed by atoms with E-state index in [1.54, 1.807) is 11.3 Å². The van der Waals surface area contributed by atoms with Crippen molar-refractivity contribution >= 4 is 22.4 Å². The molecule has 0 fully saturated rings. The monoisotopic (exact) mass is 314 g/mol. The van der Waals surface area contributed by atoms with Crippen LogP contribution in [-0.4, -0.2) is 10.9 Å². The minimum Gasteiger partial charge on any atom is -0.302 e. The van der Waals surface area contributed by atoms with Crippen molar-refractivity contribution < 1.29 is 4.79 Å². The van der Waals surface area contributed by atoms with Gasteiger partial charge in [0.2, 0.25) is 5.91 Å². The number of nitrogens with zero attached hydrogens (tertiary/aromatic N) is 1. The first kappa shape index (κ1) is 15.2. The highest BCUT2D eigenvalue weighted by Crippen LogP contribution is 2.32. The molecule has 0 bridgehead atoms. The Kier molecular flexibility index (Phi) is 4.88. The number of thiazole rings is 1. The van der Waals surface area contributed by atoms with Crippen LogP contribution < -0.4 is 5.32 Å². The van der Waals surface area contributed by atoms with Gasteiger partial charge in [0.15, 0.2) is 5.13 Å². The normalized spacial score (nSPS) is 17.0. The Labute approximate surface area is 135 Å². The van der Waals surface area contributed by atoms with Crippen molar-refractivity contribution in [2.45, 2.75) is 45.4 Å². The molecule has 1 aromatic heterocycles. The fourth-order valence-electron chi connectivity index (χ4n) is 2.87. The highest BCUT2D eigenvalue weighted by molar-refractivity contribution is 7.15. The molecular weight excluding hydrogens is 292 g/mol. The number of hydrogen-bond acceptors (Lipinski definition) is 3. The second-order valence-electron chi connectivity index (χ2n) is 6.12. The van der Waals surface area contributed by atoms with Gasteiger partial charge in [-0.15, -0.1) is 11.3 Å². The number of nitrogens with one attached hydrogen (secondary N) is 1. The molecule has 3 rings (SSSR count). The minimum atomic E-state index is 0.0788. The molecule has 1 aromatic carbocycles. The van der Waals surface area contributed by atoms with Crippen molar-refractivity contribution in [3.8, 4) is 0 Å². The van der Waals surface area contributed by atoms with Crippen molar-refractivity contribution in [1.82, 2.24) is 4.98 Å². The van der Waals surface area contributed by atoms with Gasteiger partial charge >= 0.3 is 0 Å². The molecule has 116 valence electrons. The van der Waals surface area contributed by atoms with Crippen LogP contribution >= 0.6 is 11.3 Å². The average molecular weight is 314 g/mol. The molecule has 1 amide bonds. The topological polar surface area (TPSA) is 42.0 Å². The van der Waals surface area contributed by atoms with Crippen molar-refractivity contribution in [3.05, 3.63) is 46.5 Å². The van der Waals surface area contributed by atoms with Crippen LogP contribution in [0.2, 0.25) is 0 Å². The molecular formula is C18H22N2OS. The quantitative estimate of drug-likeness (QED) is 0.897. The lowest BCUT2D eigenvalue weighted by Crippen LogP contribution is -2.11. The molecule has 0 spiro atoms. The Balaban J connectivity index is 1.48. The van der Waals surface area contributed by atoms with Crippen LogP contribution in [0.4, 0.5) is 5.13 Å². The lowest BCUT2D eigenvalue weighted by atomic mass is 9.93. The lowest BCUT2D eigenvalue weighted by Gasteiger charge is -2.15. The van der Waals surface area contributed by atoms with E-state index in [0.717, 1.165) is 36.7 Å². The zero-order valence-electron chi connectivity index (χ0n) is 13.0. The third kappa shape index (κ3) is 3.95. The molecule has 0 saturated heterocycles. The van der Waals surface area contributed by atoms with Crippen LogP contribution in [0, 0.1) is 5.92 Å². The molecule has 1 aliphatic rings. The first-order valence-electron chi connectivity index (χ1n) is 8.03. The highest BCUT2D eigenvalue weighted by atomic mass is 32.1. The number of amides is 1. The number of carbonyl (C=O) groups excluding carboxylic acids is 1. The van der Waals surface area contributed by atoms with Gasteiger partial charge in [0, 0.05) is 11.3 Å². The Morgan fingerprint density at radius 2 is 2.18 bits per heavy atom. The fraction of sp³-hybridized carbons (Fsp3) is 0.444. The van der Waals surface area contributed by atoms with Gasteiger partial charge in [-0.2, -0.15) is 0 Å². The number of anilines is 1. The largest absolute Gasteiger partial charge is 0.302 e. The summed E-state index contributed by atoms with van der Waals surface area (Å²) in [5, 5.41) is 3.75. The Hall–Kier alpha value is -1.68. The van der Waals surface area contributed by atoms with Crippen LogP contribution in [0.25, 0.3) is 0 Å². The second kappa shape index (κ2) is 7.05. The first-order chi connectivity index (χ1) is 10.7. The van der Waals surface area contributed by atoms with Gasteiger partial charge in [0.25, 0.3) is 0 Å². The summed E-state index contributed by atoms with van der Waals surface area (Å²) in [6.45, 7) is 2.28. The van der Waals surface area contributed by atoms with E-state index >= 15 is 0 Å². The molecule has 4 heteroatoms. The summed E-state index contributed by atoms with van der Waals surface area (Å²) in [6, 6.07) is 10.3. The van der Waals surface area contributed by atoms with Crippen LogP contribution in [0.15, 0.2) is 30.3 Å². The summed E-state index contributed by atoms with van der Waals surface area (Å²) in [5.74, 6) is 0.817. The molecule has 0 saturated carbocycles. The van der Waals surface area contributed by atoms with Gasteiger partial charge in [-0.1, -0.05) is 37.3 Å². The van der Waals surface area contributed by atoms with Gasteiger partial charge in [0.05, 0.1) is 5.69 Å². The number of hydrogen-bond donors (Lipinski definition) is 1. The number of fused-ring (bicyclic) bond motifs is 1. The third-order valence-electron chi connectivity index (χ3n) is 4.14. The van der Waals surface area contributed by atoms with E-state index in [-0.39, 0.29) is 5.91 Å². The van der Waals surface area contributed by atoms with Gasteiger partial charge in [-0.3, -0.25) is 4.79 Å². The maximum atomic E-state index is 12.0. The average Bonchev–Trinajstić information content (AvgIpc) is 2.89. The lowest BCUT2D eigenvalue weighted by molar-refractivity contribution is -0.116. The number of aryl methyl sites for hydroxylation is 2. The fourth-order valence-corrected chi connectivity index (χ4v) is 4.06. The maximum absolute atomic E-state index is 12.0. The smallest absolute Gasteiger partial charge is 0.226 e. The summed E-state index contributed by atoms with van der Waals surface area (Å²) in [7, 11) is 0. The summed E-state index contributed by atoms with van der Waals surface area (Å²) < 4.78 is 0. The summed E-state index contributed by atoms with van der Waals surface area (Å²) in [5.41, 5.74) is 2.48. The Bertz CT molecular complexity index is 636. The summed E-state index contributed by atoms with van der Waals surface area (Å²) in [6.07, 6.45) is 5.74. The molecule has 1 N–H and O–H groups in total. The zero-order valence-corrected chi connectivity index (χ0v) is 13.8. The number of benzene rings is 1. The predicted molar refractivity (Wildman–Crippen MR) is 91.3 cm³/mol. The summed E-state index contributed by atoms with van der Waals surface area (Å²) in [4.78, 5) is 18.0. The van der Waals surface area contributed by atoms with E-state index in [9.17, 15) is 4.79 Å². The molecule has 1 unspecified atom stereocenters. The minimum absolute atomic E-state index is 0.0788. The SMILES string of the molecule is CC1CCc2nc(NC(=O)CCCc3ccccc3)sc2C1. The number of aromatic nitrogens is 1. The Morgan fingerprint density at radius 1 is 1.36 bits per heavy atom. The van der Waals surface area contributed by atoms with Gasteiger partial charge in [-0.25, -0.2) is 4.98 Å². The number of carbonyl (C=O) groups is 1. The van der Waals surface area contributed by atoms with Gasteiger partial charge in [0.1, 0.15) is 0 Å². The molecule has 0 aliphatic heterocycles. The van der Waals surface area contributed by atoms with E-state index in [1.165, 1.54) is 22.6 Å². The molecule has 3 nitrogen and oxygen atoms in total. The Morgan fingerprint density at radius 3 is 3.00 bits per heavy atom. The van der Waals surface area contributed by atoms with Gasteiger partial charge < -0.3 is 5.32 Å². The van der Waals surface area contributed by atoms with Crippen LogP contribution in [-0.2, 0) is 24.1 Å². The molecule has 0 radical (unpaired) electrons. The van der Waals surface area contributed by atoms with Crippen molar-refractivity contribution in [2.75, 3.05) is 5.32 Å². The summed E-state index contributed by atoms with van der Waals surface area (Å²) >= 11 is 1.65. The van der Waals surface area contributed by atoms with Crippen molar-refractivity contribution in [2.24, 2.45) is 5.92 Å².